The molecule has 1 saturated carbocycles. The number of nitrogens with zero attached hydrogens (tertiary/aromatic N) is 1. The first-order chi connectivity index (χ1) is 7.31. The Balaban J connectivity index is 0.00000128. The highest BCUT2D eigenvalue weighted by atomic mass is 35.5. The van der Waals surface area contributed by atoms with Crippen molar-refractivity contribution in [2.75, 3.05) is 13.1 Å². The lowest BCUT2D eigenvalue weighted by Crippen LogP contribution is -2.44. The average molecular weight is 247 g/mol. The van der Waals surface area contributed by atoms with Crippen LogP contribution in [0.4, 0.5) is 0 Å². The number of hydrogen-bond donors (Lipinski definition) is 1. The van der Waals surface area contributed by atoms with Crippen LogP contribution in [0, 0.1) is 5.92 Å². The van der Waals surface area contributed by atoms with Gasteiger partial charge in [-0.1, -0.05) is 0 Å². The average Bonchev–Trinajstić information content (AvgIpc) is 3.03. The van der Waals surface area contributed by atoms with E-state index in [0.29, 0.717) is 24.4 Å². The highest BCUT2D eigenvalue weighted by Crippen LogP contribution is 2.33. The molecule has 1 aliphatic heterocycles. The van der Waals surface area contributed by atoms with E-state index < -0.39 is 0 Å². The molecule has 1 amide bonds. The molecule has 0 aromatic heterocycles. The third-order valence-electron chi connectivity index (χ3n) is 3.61. The zero-order valence-corrected chi connectivity index (χ0v) is 10.7. The molecule has 2 fully saturated rings. The molecule has 0 radical (unpaired) electrons. The molecule has 1 heterocycles. The fraction of sp³-hybridized carbons (Fsp3) is 0.917. The van der Waals surface area contributed by atoms with Gasteiger partial charge in [-0.25, -0.2) is 0 Å². The molecule has 1 unspecified atom stereocenters. The Hall–Kier alpha value is -0.280. The van der Waals surface area contributed by atoms with Gasteiger partial charge in [-0.3, -0.25) is 4.79 Å². The van der Waals surface area contributed by atoms with Crippen LogP contribution >= 0.6 is 12.4 Å². The standard InChI is InChI=1S/C12H22N2O.ClH/c13-7-6-11-3-1-2-8-14(11)12(15)9-10-4-5-10;/h10-11H,1-9,13H2;1H. The Bertz CT molecular complexity index is 229. The number of carbonyl (C=O) groups excluding carboxylic acids is 1. The molecule has 0 bridgehead atoms. The molecule has 1 atom stereocenters. The Morgan fingerprint density at radius 3 is 2.62 bits per heavy atom. The largest absolute Gasteiger partial charge is 0.340 e. The van der Waals surface area contributed by atoms with Crippen LogP contribution < -0.4 is 5.73 Å². The minimum absolute atomic E-state index is 0. The maximum Gasteiger partial charge on any atom is 0.223 e. The fourth-order valence-corrected chi connectivity index (χ4v) is 2.51. The maximum absolute atomic E-state index is 12.0. The van der Waals surface area contributed by atoms with Gasteiger partial charge >= 0.3 is 0 Å². The van der Waals surface area contributed by atoms with Gasteiger partial charge in [-0.15, -0.1) is 12.4 Å². The van der Waals surface area contributed by atoms with Crippen molar-refractivity contribution in [3.63, 3.8) is 0 Å². The van der Waals surface area contributed by atoms with E-state index in [2.05, 4.69) is 4.90 Å². The van der Waals surface area contributed by atoms with Crippen molar-refractivity contribution in [2.45, 2.75) is 51.0 Å². The number of nitrogens with two attached hydrogens (primary N) is 1. The summed E-state index contributed by atoms with van der Waals surface area (Å²) in [5, 5.41) is 0. The summed E-state index contributed by atoms with van der Waals surface area (Å²) in [6, 6.07) is 0.440. The number of likely N-dealkylation sites (tertiary alicyclic amines) is 1. The number of piperidine rings is 1. The first kappa shape index (κ1) is 13.8. The van der Waals surface area contributed by atoms with E-state index in [-0.39, 0.29) is 12.4 Å². The summed E-state index contributed by atoms with van der Waals surface area (Å²) in [5.41, 5.74) is 5.60. The Kier molecular flexibility index (Phi) is 5.56. The summed E-state index contributed by atoms with van der Waals surface area (Å²) in [6.45, 7) is 1.67. The molecule has 0 aromatic rings. The fourth-order valence-electron chi connectivity index (χ4n) is 2.51. The topological polar surface area (TPSA) is 46.3 Å². The SMILES string of the molecule is Cl.NCCC1CCCCN1C(=O)CC1CC1. The van der Waals surface area contributed by atoms with E-state index in [1.165, 1.54) is 25.7 Å². The zero-order chi connectivity index (χ0) is 10.7. The van der Waals surface area contributed by atoms with Crippen molar-refractivity contribution < 1.29 is 4.79 Å². The minimum Gasteiger partial charge on any atom is -0.340 e. The van der Waals surface area contributed by atoms with Gasteiger partial charge in [0, 0.05) is 19.0 Å². The van der Waals surface area contributed by atoms with Crippen molar-refractivity contribution >= 4 is 18.3 Å². The predicted octanol–water partition coefficient (Wildman–Crippen LogP) is 1.94. The van der Waals surface area contributed by atoms with E-state index in [4.69, 9.17) is 5.73 Å². The van der Waals surface area contributed by atoms with Crippen molar-refractivity contribution in [1.29, 1.82) is 0 Å². The van der Waals surface area contributed by atoms with Crippen LogP contribution in [0.2, 0.25) is 0 Å². The van der Waals surface area contributed by atoms with Crippen LogP contribution in [0.25, 0.3) is 0 Å². The molecule has 4 heteroatoms. The molecule has 1 saturated heterocycles. The Morgan fingerprint density at radius 1 is 1.25 bits per heavy atom. The van der Waals surface area contributed by atoms with E-state index >= 15 is 0 Å². The third-order valence-corrected chi connectivity index (χ3v) is 3.61. The molecule has 16 heavy (non-hydrogen) atoms. The van der Waals surface area contributed by atoms with E-state index in [1.807, 2.05) is 0 Å². The molecule has 3 nitrogen and oxygen atoms in total. The Morgan fingerprint density at radius 2 is 2.00 bits per heavy atom. The van der Waals surface area contributed by atoms with E-state index in [0.717, 1.165) is 25.8 Å². The summed E-state index contributed by atoms with van der Waals surface area (Å²) in [7, 11) is 0. The molecule has 2 N–H and O–H groups in total. The van der Waals surface area contributed by atoms with Gasteiger partial charge in [0.25, 0.3) is 0 Å². The normalized spacial score (nSPS) is 25.1. The van der Waals surface area contributed by atoms with E-state index in [9.17, 15) is 4.79 Å². The molecule has 2 aliphatic rings. The lowest BCUT2D eigenvalue weighted by Gasteiger charge is -2.35. The summed E-state index contributed by atoms with van der Waals surface area (Å²) in [5.74, 6) is 1.09. The second kappa shape index (κ2) is 6.45. The van der Waals surface area contributed by atoms with Crippen LogP contribution in [-0.4, -0.2) is 29.9 Å². The first-order valence-corrected chi connectivity index (χ1v) is 6.31. The van der Waals surface area contributed by atoms with E-state index in [1.54, 1.807) is 0 Å². The summed E-state index contributed by atoms with van der Waals surface area (Å²) >= 11 is 0. The van der Waals surface area contributed by atoms with Gasteiger partial charge in [0.15, 0.2) is 0 Å². The smallest absolute Gasteiger partial charge is 0.223 e. The van der Waals surface area contributed by atoms with Crippen molar-refractivity contribution in [1.82, 2.24) is 4.90 Å². The summed E-state index contributed by atoms with van der Waals surface area (Å²) in [6.07, 6.45) is 7.91. The summed E-state index contributed by atoms with van der Waals surface area (Å²) < 4.78 is 0. The van der Waals surface area contributed by atoms with Crippen molar-refractivity contribution in [3.8, 4) is 0 Å². The van der Waals surface area contributed by atoms with Crippen LogP contribution in [0.5, 0.6) is 0 Å². The van der Waals surface area contributed by atoms with Gasteiger partial charge in [-0.2, -0.15) is 0 Å². The van der Waals surface area contributed by atoms with Crippen LogP contribution in [0.15, 0.2) is 0 Å². The molecule has 94 valence electrons. The lowest BCUT2D eigenvalue weighted by atomic mass is 9.98. The minimum atomic E-state index is 0. The number of hydrogen-bond acceptors (Lipinski definition) is 2. The number of carbonyl (C=O) groups is 1. The maximum atomic E-state index is 12.0. The molecule has 0 aromatic carbocycles. The monoisotopic (exact) mass is 246 g/mol. The number of rotatable bonds is 4. The van der Waals surface area contributed by atoms with Gasteiger partial charge in [0.2, 0.25) is 5.91 Å². The van der Waals surface area contributed by atoms with Crippen LogP contribution in [0.3, 0.4) is 0 Å². The first-order valence-electron chi connectivity index (χ1n) is 6.31. The lowest BCUT2D eigenvalue weighted by molar-refractivity contribution is -0.135. The molecule has 2 rings (SSSR count). The van der Waals surface area contributed by atoms with Gasteiger partial charge < -0.3 is 10.6 Å². The second-order valence-corrected chi connectivity index (χ2v) is 4.96. The highest BCUT2D eigenvalue weighted by molar-refractivity contribution is 5.85. The Labute approximate surface area is 104 Å². The number of halogens is 1. The zero-order valence-electron chi connectivity index (χ0n) is 9.86. The molecular weight excluding hydrogens is 224 g/mol. The molecular formula is C12H23ClN2O. The molecule has 1 aliphatic carbocycles. The molecule has 0 spiro atoms. The van der Waals surface area contributed by atoms with Crippen molar-refractivity contribution in [2.24, 2.45) is 11.7 Å². The second-order valence-electron chi connectivity index (χ2n) is 4.96. The van der Waals surface area contributed by atoms with Gasteiger partial charge in [-0.05, 0) is 51.0 Å². The summed E-state index contributed by atoms with van der Waals surface area (Å²) in [4.78, 5) is 14.1. The van der Waals surface area contributed by atoms with Crippen LogP contribution in [-0.2, 0) is 4.79 Å². The highest BCUT2D eigenvalue weighted by Gasteiger charge is 2.31. The van der Waals surface area contributed by atoms with Crippen LogP contribution in [0.1, 0.15) is 44.9 Å². The third kappa shape index (κ3) is 3.63. The van der Waals surface area contributed by atoms with Gasteiger partial charge in [0.05, 0.1) is 0 Å². The van der Waals surface area contributed by atoms with Gasteiger partial charge in [0.1, 0.15) is 0 Å². The quantitative estimate of drug-likeness (QED) is 0.824. The van der Waals surface area contributed by atoms with Crippen molar-refractivity contribution in [3.05, 3.63) is 0 Å². The predicted molar refractivity (Wildman–Crippen MR) is 67.6 cm³/mol. The number of amides is 1.